The molecule has 204 valence electrons. The molecule has 4 heterocycles. The number of morpholine rings is 1. The van der Waals surface area contributed by atoms with Gasteiger partial charge in [0.25, 0.3) is 0 Å². The number of nitrogens with zero attached hydrogens (tertiary/aromatic N) is 7. The SMILES string of the molecule is Cn1c(N2CCOCC2)nc(-c2ccc(CN3CCC(Nc4ccnc(C#N)n4)CC3)cc2)c1-c1ccccc1. The lowest BCUT2D eigenvalue weighted by atomic mass is 10.0. The molecule has 2 aliphatic rings. The van der Waals surface area contributed by atoms with Crippen LogP contribution in [0.3, 0.4) is 0 Å². The van der Waals surface area contributed by atoms with Crippen LogP contribution >= 0.6 is 0 Å². The van der Waals surface area contributed by atoms with Crippen molar-refractivity contribution in [2.24, 2.45) is 7.05 Å². The average molecular weight is 535 g/mol. The van der Waals surface area contributed by atoms with Gasteiger partial charge in [-0.2, -0.15) is 5.26 Å². The van der Waals surface area contributed by atoms with Gasteiger partial charge in [0, 0.05) is 63.1 Å². The van der Waals surface area contributed by atoms with Gasteiger partial charge >= 0.3 is 0 Å². The minimum atomic E-state index is 0.199. The topological polar surface area (TPSA) is 95.1 Å². The molecule has 2 aliphatic heterocycles. The van der Waals surface area contributed by atoms with E-state index < -0.39 is 0 Å². The van der Waals surface area contributed by atoms with Gasteiger partial charge in [0.05, 0.1) is 24.6 Å². The van der Waals surface area contributed by atoms with Crippen molar-refractivity contribution < 1.29 is 4.74 Å². The molecule has 0 saturated carbocycles. The molecule has 40 heavy (non-hydrogen) atoms. The van der Waals surface area contributed by atoms with Crippen LogP contribution in [0.15, 0.2) is 66.9 Å². The smallest absolute Gasteiger partial charge is 0.234 e. The number of piperidine rings is 1. The van der Waals surface area contributed by atoms with Crippen molar-refractivity contribution in [3.63, 3.8) is 0 Å². The highest BCUT2D eigenvalue weighted by atomic mass is 16.5. The predicted molar refractivity (Wildman–Crippen MR) is 156 cm³/mol. The molecule has 2 aromatic carbocycles. The van der Waals surface area contributed by atoms with Crippen molar-refractivity contribution >= 4 is 11.8 Å². The van der Waals surface area contributed by atoms with E-state index in [1.54, 1.807) is 6.20 Å². The van der Waals surface area contributed by atoms with E-state index in [1.165, 1.54) is 11.1 Å². The van der Waals surface area contributed by atoms with Crippen LogP contribution in [-0.4, -0.2) is 69.9 Å². The summed E-state index contributed by atoms with van der Waals surface area (Å²) in [6.07, 6.45) is 3.69. The fraction of sp³-hybridized carbons (Fsp3) is 0.355. The van der Waals surface area contributed by atoms with Gasteiger partial charge in [0.1, 0.15) is 11.9 Å². The standard InChI is InChI=1S/C31H34N8O/c1-37-30(25-5-3-2-4-6-25)29(36-31(37)39-17-19-40-20-18-39)24-9-7-23(8-10-24)22-38-15-12-26(13-16-38)34-27-11-14-33-28(21-32)35-27/h2-11,14,26H,12-13,15-20,22H2,1H3,(H,33,34,35). The van der Waals surface area contributed by atoms with Crippen LogP contribution in [0, 0.1) is 11.3 Å². The fourth-order valence-corrected chi connectivity index (χ4v) is 5.62. The number of nitrogens with one attached hydrogen (secondary N) is 1. The van der Waals surface area contributed by atoms with Crippen molar-refractivity contribution in [2.45, 2.75) is 25.4 Å². The van der Waals surface area contributed by atoms with Gasteiger partial charge in [-0.25, -0.2) is 15.0 Å². The van der Waals surface area contributed by atoms with Gasteiger partial charge < -0.3 is 19.5 Å². The zero-order chi connectivity index (χ0) is 27.3. The van der Waals surface area contributed by atoms with Crippen molar-refractivity contribution in [1.82, 2.24) is 24.4 Å². The first-order valence-electron chi connectivity index (χ1n) is 13.9. The maximum absolute atomic E-state index is 9.04. The number of hydrogen-bond acceptors (Lipinski definition) is 8. The molecule has 1 N–H and O–H groups in total. The number of ether oxygens (including phenoxy) is 1. The van der Waals surface area contributed by atoms with E-state index >= 15 is 0 Å². The Labute approximate surface area is 235 Å². The molecule has 0 unspecified atom stereocenters. The van der Waals surface area contributed by atoms with E-state index in [1.807, 2.05) is 12.1 Å². The van der Waals surface area contributed by atoms with Crippen LogP contribution < -0.4 is 10.2 Å². The van der Waals surface area contributed by atoms with Gasteiger partial charge in [0.15, 0.2) is 0 Å². The zero-order valence-electron chi connectivity index (χ0n) is 22.8. The Kier molecular flexibility index (Phi) is 7.71. The van der Waals surface area contributed by atoms with Gasteiger partial charge in [-0.05, 0) is 24.5 Å². The summed E-state index contributed by atoms with van der Waals surface area (Å²) in [4.78, 5) is 18.2. The average Bonchev–Trinajstić information content (AvgIpc) is 3.36. The lowest BCUT2D eigenvalue weighted by Crippen LogP contribution is -2.38. The summed E-state index contributed by atoms with van der Waals surface area (Å²) in [5.74, 6) is 1.91. The Bertz CT molecular complexity index is 1460. The van der Waals surface area contributed by atoms with Crippen LogP contribution in [-0.2, 0) is 18.3 Å². The number of aromatic nitrogens is 4. The molecular formula is C31H34N8O. The van der Waals surface area contributed by atoms with Crippen LogP contribution in [0.5, 0.6) is 0 Å². The summed E-state index contributed by atoms with van der Waals surface area (Å²) in [6, 6.07) is 23.6. The summed E-state index contributed by atoms with van der Waals surface area (Å²) >= 11 is 0. The number of imidazole rings is 1. The maximum atomic E-state index is 9.04. The molecule has 6 rings (SSSR count). The first-order chi connectivity index (χ1) is 19.7. The Morgan fingerprint density at radius 2 is 1.68 bits per heavy atom. The molecule has 0 aliphatic carbocycles. The van der Waals surface area contributed by atoms with Gasteiger partial charge in [-0.1, -0.05) is 54.6 Å². The van der Waals surface area contributed by atoms with Gasteiger partial charge in [-0.3, -0.25) is 4.90 Å². The van der Waals surface area contributed by atoms with Crippen molar-refractivity contribution in [3.05, 3.63) is 78.2 Å². The molecule has 9 heteroatoms. The van der Waals surface area contributed by atoms with Crippen LogP contribution in [0.2, 0.25) is 0 Å². The van der Waals surface area contributed by atoms with E-state index in [9.17, 15) is 0 Å². The van der Waals surface area contributed by atoms with Crippen molar-refractivity contribution in [3.8, 4) is 28.6 Å². The molecule has 2 fully saturated rings. The maximum Gasteiger partial charge on any atom is 0.234 e. The normalized spacial score (nSPS) is 16.6. The van der Waals surface area contributed by atoms with Crippen molar-refractivity contribution in [2.75, 3.05) is 49.6 Å². The fourth-order valence-electron chi connectivity index (χ4n) is 5.62. The number of hydrogen-bond donors (Lipinski definition) is 1. The van der Waals surface area contributed by atoms with Crippen LogP contribution in [0.4, 0.5) is 11.8 Å². The van der Waals surface area contributed by atoms with Crippen LogP contribution in [0.25, 0.3) is 22.5 Å². The Hall–Kier alpha value is -4.26. The summed E-state index contributed by atoms with van der Waals surface area (Å²) in [7, 11) is 2.11. The number of likely N-dealkylation sites (tertiary alicyclic amines) is 1. The molecule has 0 spiro atoms. The van der Waals surface area contributed by atoms with Gasteiger partial charge in [-0.15, -0.1) is 0 Å². The Morgan fingerprint density at radius 3 is 2.40 bits per heavy atom. The summed E-state index contributed by atoms with van der Waals surface area (Å²) in [5.41, 5.74) is 5.74. The highest BCUT2D eigenvalue weighted by Gasteiger charge is 2.24. The lowest BCUT2D eigenvalue weighted by molar-refractivity contribution is 0.122. The molecule has 2 aromatic heterocycles. The largest absolute Gasteiger partial charge is 0.378 e. The van der Waals surface area contributed by atoms with E-state index in [-0.39, 0.29) is 5.82 Å². The van der Waals surface area contributed by atoms with E-state index in [4.69, 9.17) is 15.0 Å². The molecule has 0 amide bonds. The Morgan fingerprint density at radius 1 is 0.925 bits per heavy atom. The third kappa shape index (κ3) is 5.69. The minimum Gasteiger partial charge on any atom is -0.378 e. The highest BCUT2D eigenvalue weighted by Crippen LogP contribution is 2.35. The molecule has 2 saturated heterocycles. The second-order valence-corrected chi connectivity index (χ2v) is 10.4. The van der Waals surface area contributed by atoms with E-state index in [2.05, 4.69) is 91.3 Å². The third-order valence-corrected chi connectivity index (χ3v) is 7.74. The summed E-state index contributed by atoms with van der Waals surface area (Å²) in [5, 5.41) is 12.5. The number of nitriles is 1. The lowest BCUT2D eigenvalue weighted by Gasteiger charge is -2.32. The monoisotopic (exact) mass is 534 g/mol. The van der Waals surface area contributed by atoms with Gasteiger partial charge in [0.2, 0.25) is 11.8 Å². The summed E-state index contributed by atoms with van der Waals surface area (Å²) < 4.78 is 7.81. The van der Waals surface area contributed by atoms with E-state index in [0.717, 1.165) is 87.5 Å². The number of benzene rings is 2. The Balaban J connectivity index is 1.14. The second-order valence-electron chi connectivity index (χ2n) is 10.4. The first kappa shape index (κ1) is 26.0. The van der Waals surface area contributed by atoms with Crippen LogP contribution in [0.1, 0.15) is 24.2 Å². The molecule has 0 atom stereocenters. The molecule has 4 aromatic rings. The number of anilines is 2. The van der Waals surface area contributed by atoms with Crippen molar-refractivity contribution in [1.29, 1.82) is 5.26 Å². The third-order valence-electron chi connectivity index (χ3n) is 7.74. The minimum absolute atomic E-state index is 0.199. The quantitative estimate of drug-likeness (QED) is 0.374. The predicted octanol–water partition coefficient (Wildman–Crippen LogP) is 4.33. The zero-order valence-corrected chi connectivity index (χ0v) is 22.8. The molecular weight excluding hydrogens is 500 g/mol. The van der Waals surface area contributed by atoms with E-state index in [0.29, 0.717) is 6.04 Å². The molecule has 0 radical (unpaired) electrons. The summed E-state index contributed by atoms with van der Waals surface area (Å²) in [6.45, 7) is 6.11. The molecule has 9 nitrogen and oxygen atoms in total. The number of rotatable bonds is 7. The molecule has 0 bridgehead atoms. The highest BCUT2D eigenvalue weighted by molar-refractivity contribution is 5.81. The second kappa shape index (κ2) is 11.9. The first-order valence-corrected chi connectivity index (χ1v) is 13.9.